The lowest BCUT2D eigenvalue weighted by Gasteiger charge is -2.31. The smallest absolute Gasteiger partial charge is 0.407 e. The second-order valence-electron chi connectivity index (χ2n) is 14.1. The lowest BCUT2D eigenvalue weighted by atomic mass is 10.0. The number of thiazole rings is 1. The van der Waals surface area contributed by atoms with E-state index >= 15 is 0 Å². The van der Waals surface area contributed by atoms with Crippen molar-refractivity contribution < 1.29 is 37.3 Å². The molecule has 1 unspecified atom stereocenters. The Bertz CT molecular complexity index is 1680. The SMILES string of the molecule is COCCN1CCC(Nc2nc3ccc(S(=O)(=O)N(CC(C)C)C[C@@H](O)[C@H](Cc4ccccc4)NC(=O)O[C@H]4CO[C@H]5OCCC54)cc3s2)CC1. The number of piperidine rings is 1. The second kappa shape index (κ2) is 17.3. The first-order valence-electron chi connectivity index (χ1n) is 17.9. The molecule has 0 aliphatic carbocycles. The summed E-state index contributed by atoms with van der Waals surface area (Å²) in [7, 11) is -2.32. The molecular weight excluding hydrogens is 695 g/mol. The molecule has 4 heterocycles. The van der Waals surface area contributed by atoms with Crippen molar-refractivity contribution in [1.29, 1.82) is 0 Å². The zero-order valence-corrected chi connectivity index (χ0v) is 31.2. The van der Waals surface area contributed by atoms with Crippen molar-refractivity contribution in [1.82, 2.24) is 19.5 Å². The molecule has 0 spiro atoms. The monoisotopic (exact) mass is 745 g/mol. The molecule has 51 heavy (non-hydrogen) atoms. The molecule has 3 fully saturated rings. The largest absolute Gasteiger partial charge is 0.443 e. The number of nitrogens with zero attached hydrogens (tertiary/aromatic N) is 3. The Hall–Kier alpha value is -2.89. The number of likely N-dealkylation sites (tertiary alicyclic amines) is 1. The van der Waals surface area contributed by atoms with E-state index in [0.717, 1.165) is 66.4 Å². The van der Waals surface area contributed by atoms with Gasteiger partial charge < -0.3 is 39.6 Å². The Balaban J connectivity index is 1.15. The van der Waals surface area contributed by atoms with E-state index in [2.05, 4.69) is 15.5 Å². The molecule has 0 radical (unpaired) electrons. The van der Waals surface area contributed by atoms with E-state index in [1.807, 2.05) is 44.2 Å². The number of hydrogen-bond donors (Lipinski definition) is 3. The average Bonchev–Trinajstić information content (AvgIpc) is 3.84. The van der Waals surface area contributed by atoms with Gasteiger partial charge in [0.2, 0.25) is 10.0 Å². The van der Waals surface area contributed by atoms with E-state index in [9.17, 15) is 18.3 Å². The number of carbonyl (C=O) groups is 1. The number of benzene rings is 2. The van der Waals surface area contributed by atoms with Crippen LogP contribution in [0.4, 0.5) is 9.93 Å². The topological polar surface area (TPSA) is 152 Å². The molecule has 3 N–H and O–H groups in total. The summed E-state index contributed by atoms with van der Waals surface area (Å²) in [6.07, 6.45) is 0.247. The Morgan fingerprint density at radius 3 is 2.65 bits per heavy atom. The van der Waals surface area contributed by atoms with Gasteiger partial charge in [-0.2, -0.15) is 4.31 Å². The summed E-state index contributed by atoms with van der Waals surface area (Å²) >= 11 is 1.44. The molecule has 3 saturated heterocycles. The van der Waals surface area contributed by atoms with Gasteiger partial charge in [0, 0.05) is 45.9 Å². The van der Waals surface area contributed by atoms with E-state index in [4.69, 9.17) is 23.9 Å². The number of alkyl carbamates (subject to hydrolysis) is 1. The molecule has 6 rings (SSSR count). The van der Waals surface area contributed by atoms with E-state index in [-0.39, 0.29) is 49.1 Å². The van der Waals surface area contributed by atoms with Crippen LogP contribution in [-0.4, -0.2) is 124 Å². The predicted octanol–water partition coefficient (Wildman–Crippen LogP) is 3.93. The first-order valence-corrected chi connectivity index (χ1v) is 20.2. The van der Waals surface area contributed by atoms with Gasteiger partial charge in [-0.1, -0.05) is 55.5 Å². The summed E-state index contributed by atoms with van der Waals surface area (Å²) in [6.45, 7) is 8.24. The predicted molar refractivity (Wildman–Crippen MR) is 195 cm³/mol. The lowest BCUT2D eigenvalue weighted by Crippen LogP contribution is -2.51. The number of methoxy groups -OCH3 is 1. The first kappa shape index (κ1) is 37.9. The van der Waals surface area contributed by atoms with Crippen LogP contribution in [0.5, 0.6) is 0 Å². The van der Waals surface area contributed by atoms with Crippen LogP contribution >= 0.6 is 11.3 Å². The van der Waals surface area contributed by atoms with Gasteiger partial charge in [-0.15, -0.1) is 0 Å². The standard InChI is InChI=1S/C36H51N5O8S2/c1-24(2)21-41(22-31(42)30(19-25-7-5-4-6-8-25)39-36(43)49-32-23-48-34-28(32)13-17-47-34)51(44,45)27-9-10-29-33(20-27)50-35(38-29)37-26-11-14-40(15-12-26)16-18-46-3/h4-10,20,24,26,28,30-32,34,42H,11-19,21-23H2,1-3H3,(H,37,38)(H,39,43)/t28?,30-,31+,32-,34+/m0/s1. The normalized spacial score (nSPS) is 22.7. The van der Waals surface area contributed by atoms with Crippen LogP contribution in [0.3, 0.4) is 0 Å². The third-order valence-electron chi connectivity index (χ3n) is 9.79. The highest BCUT2D eigenvalue weighted by Crippen LogP contribution is 2.33. The summed E-state index contributed by atoms with van der Waals surface area (Å²) in [6, 6.07) is 13.9. The van der Waals surface area contributed by atoms with Crippen LogP contribution in [0.15, 0.2) is 53.4 Å². The fourth-order valence-corrected chi connectivity index (χ4v) is 9.71. The zero-order valence-electron chi connectivity index (χ0n) is 29.6. The second-order valence-corrected chi connectivity index (χ2v) is 17.1. The van der Waals surface area contributed by atoms with E-state index < -0.39 is 34.4 Å². The van der Waals surface area contributed by atoms with Crippen molar-refractivity contribution in [3.63, 3.8) is 0 Å². The number of fused-ring (bicyclic) bond motifs is 2. The molecule has 5 atom stereocenters. The number of rotatable bonds is 16. The Morgan fingerprint density at radius 1 is 1.12 bits per heavy atom. The maximum Gasteiger partial charge on any atom is 0.407 e. The lowest BCUT2D eigenvalue weighted by molar-refractivity contribution is -0.0907. The zero-order chi connectivity index (χ0) is 36.0. The average molecular weight is 746 g/mol. The fourth-order valence-electron chi connectivity index (χ4n) is 7.01. The summed E-state index contributed by atoms with van der Waals surface area (Å²) in [5, 5.41) is 18.8. The molecule has 13 nitrogen and oxygen atoms in total. The van der Waals surface area contributed by atoms with Crippen LogP contribution in [-0.2, 0) is 35.4 Å². The molecule has 3 aromatic rings. The third-order valence-corrected chi connectivity index (χ3v) is 12.6. The van der Waals surface area contributed by atoms with Gasteiger partial charge in [-0.25, -0.2) is 18.2 Å². The van der Waals surface area contributed by atoms with Crippen LogP contribution in [0.1, 0.15) is 38.7 Å². The maximum atomic E-state index is 14.2. The first-order chi connectivity index (χ1) is 24.6. The molecule has 3 aliphatic rings. The van der Waals surface area contributed by atoms with Crippen molar-refractivity contribution in [3.05, 3.63) is 54.1 Å². The number of sulfonamides is 1. The molecule has 0 saturated carbocycles. The molecule has 3 aliphatic heterocycles. The number of aliphatic hydroxyl groups excluding tert-OH is 1. The highest BCUT2D eigenvalue weighted by molar-refractivity contribution is 7.89. The highest BCUT2D eigenvalue weighted by Gasteiger charge is 2.44. The van der Waals surface area contributed by atoms with E-state index in [1.165, 1.54) is 15.6 Å². The highest BCUT2D eigenvalue weighted by atomic mass is 32.2. The fraction of sp³-hybridized carbons (Fsp3) is 0.611. The van der Waals surface area contributed by atoms with Gasteiger partial charge >= 0.3 is 6.09 Å². The van der Waals surface area contributed by atoms with Gasteiger partial charge in [0.1, 0.15) is 6.10 Å². The maximum absolute atomic E-state index is 14.2. The van der Waals surface area contributed by atoms with Gasteiger partial charge in [-0.3, -0.25) is 0 Å². The third kappa shape index (κ3) is 9.76. The van der Waals surface area contributed by atoms with Crippen molar-refractivity contribution >= 4 is 42.8 Å². The molecule has 15 heteroatoms. The van der Waals surface area contributed by atoms with Crippen LogP contribution in [0.2, 0.25) is 0 Å². The van der Waals surface area contributed by atoms with Crippen LogP contribution in [0, 0.1) is 11.8 Å². The van der Waals surface area contributed by atoms with Gasteiger partial charge in [-0.05, 0) is 55.4 Å². The molecule has 1 amide bonds. The van der Waals surface area contributed by atoms with Gasteiger partial charge in [0.05, 0.1) is 53.0 Å². The van der Waals surface area contributed by atoms with Gasteiger partial charge in [0.15, 0.2) is 11.4 Å². The number of carbonyl (C=O) groups excluding carboxylic acids is 1. The minimum absolute atomic E-state index is 0.0229. The summed E-state index contributed by atoms with van der Waals surface area (Å²) in [5.41, 5.74) is 1.61. The number of aliphatic hydroxyl groups is 1. The van der Waals surface area contributed by atoms with Crippen LogP contribution < -0.4 is 10.6 Å². The quantitative estimate of drug-likeness (QED) is 0.196. The van der Waals surface area contributed by atoms with Crippen molar-refractivity contribution in [3.8, 4) is 0 Å². The van der Waals surface area contributed by atoms with Crippen LogP contribution in [0.25, 0.3) is 10.2 Å². The summed E-state index contributed by atoms with van der Waals surface area (Å²) < 4.78 is 52.7. The molecule has 1 aromatic heterocycles. The Morgan fingerprint density at radius 2 is 1.90 bits per heavy atom. The number of aromatic nitrogens is 1. The molecule has 280 valence electrons. The van der Waals surface area contributed by atoms with E-state index in [0.29, 0.717) is 12.6 Å². The van der Waals surface area contributed by atoms with Crippen molar-refractivity contribution in [2.24, 2.45) is 11.8 Å². The number of anilines is 1. The number of nitrogens with one attached hydrogen (secondary N) is 2. The summed E-state index contributed by atoms with van der Waals surface area (Å²) in [5.74, 6) is -0.0580. The van der Waals surface area contributed by atoms with E-state index in [1.54, 1.807) is 25.3 Å². The van der Waals surface area contributed by atoms with Crippen molar-refractivity contribution in [2.45, 2.75) is 75.0 Å². The number of hydrogen-bond acceptors (Lipinski definition) is 12. The molecular formula is C36H51N5O8S2. The number of amides is 1. The minimum Gasteiger partial charge on any atom is -0.443 e. The van der Waals surface area contributed by atoms with Crippen molar-refractivity contribution in [2.75, 3.05) is 65.0 Å². The Labute approximate surface area is 304 Å². The summed E-state index contributed by atoms with van der Waals surface area (Å²) in [4.78, 5) is 20.5. The minimum atomic E-state index is -4.04. The van der Waals surface area contributed by atoms with Gasteiger partial charge in [0.25, 0.3) is 0 Å². The molecule has 2 aromatic carbocycles. The number of ether oxygens (including phenoxy) is 4. The Kier molecular flexibility index (Phi) is 12.8. The molecule has 0 bridgehead atoms.